The summed E-state index contributed by atoms with van der Waals surface area (Å²) in [6.07, 6.45) is 3.56. The van der Waals surface area contributed by atoms with E-state index >= 15 is 0 Å². The molecule has 31 heavy (non-hydrogen) atoms. The van der Waals surface area contributed by atoms with Crippen LogP contribution in [0, 0.1) is 40.8 Å². The zero-order chi connectivity index (χ0) is 21.4. The van der Waals surface area contributed by atoms with Crippen molar-refractivity contribution in [3.63, 3.8) is 0 Å². The molecule has 0 radical (unpaired) electrons. The summed E-state index contributed by atoms with van der Waals surface area (Å²) < 4.78 is 25.7. The molecule has 7 heteroatoms. The van der Waals surface area contributed by atoms with E-state index in [0.717, 1.165) is 56.8 Å². The Kier molecular flexibility index (Phi) is 5.85. The molecule has 3 atom stereocenters. The Morgan fingerprint density at radius 3 is 2.71 bits per heavy atom. The van der Waals surface area contributed by atoms with Crippen LogP contribution in [0.25, 0.3) is 0 Å². The Hall–Kier alpha value is -2.17. The number of benzene rings is 1. The lowest BCUT2D eigenvalue weighted by atomic mass is 9.84. The van der Waals surface area contributed by atoms with E-state index in [-0.39, 0.29) is 35.5 Å². The van der Waals surface area contributed by atoms with Gasteiger partial charge in [0.05, 0.1) is 18.6 Å². The van der Waals surface area contributed by atoms with E-state index in [9.17, 15) is 14.4 Å². The molecule has 6 nitrogen and oxygen atoms in total. The number of piperidine rings is 1. The first-order valence-electron chi connectivity index (χ1n) is 11.6. The van der Waals surface area contributed by atoms with E-state index < -0.39 is 0 Å². The second-order valence-corrected chi connectivity index (χ2v) is 9.45. The van der Waals surface area contributed by atoms with Crippen LogP contribution < -0.4 is 4.74 Å². The van der Waals surface area contributed by atoms with Crippen LogP contribution in [0.5, 0.6) is 5.75 Å². The molecular weight excluding hydrogens is 397 g/mol. The number of carbonyl (C=O) groups excluding carboxylic acids is 1. The van der Waals surface area contributed by atoms with Gasteiger partial charge in [0.15, 0.2) is 0 Å². The lowest BCUT2D eigenvalue weighted by Gasteiger charge is -2.37. The second kappa shape index (κ2) is 8.76. The molecule has 0 aliphatic carbocycles. The molecule has 166 valence electrons. The number of likely N-dealkylation sites (tertiary alicyclic amines) is 2. The van der Waals surface area contributed by atoms with E-state index in [0.29, 0.717) is 32.2 Å². The van der Waals surface area contributed by atoms with Crippen LogP contribution in [-0.2, 0) is 9.53 Å². The summed E-state index contributed by atoms with van der Waals surface area (Å²) in [6, 6.07) is 7.10. The Balaban J connectivity index is 1.39. The Morgan fingerprint density at radius 1 is 1.19 bits per heavy atom. The second-order valence-electron chi connectivity index (χ2n) is 9.45. The van der Waals surface area contributed by atoms with Gasteiger partial charge in [-0.25, -0.2) is 4.39 Å². The summed E-state index contributed by atoms with van der Waals surface area (Å²) in [7, 11) is 0. The summed E-state index contributed by atoms with van der Waals surface area (Å²) >= 11 is 0. The minimum Gasteiger partial charge on any atom is -0.493 e. The average Bonchev–Trinajstić information content (AvgIpc) is 3.18. The molecular formula is C24H30FN3O3. The van der Waals surface area contributed by atoms with Crippen molar-refractivity contribution in [2.75, 3.05) is 46.0 Å². The number of halogens is 1. The molecule has 4 aliphatic rings. The highest BCUT2D eigenvalue weighted by Crippen LogP contribution is 2.48. The van der Waals surface area contributed by atoms with E-state index in [1.165, 1.54) is 6.07 Å². The van der Waals surface area contributed by atoms with Gasteiger partial charge in [0, 0.05) is 62.8 Å². The predicted molar refractivity (Wildman–Crippen MR) is 112 cm³/mol. The van der Waals surface area contributed by atoms with Crippen LogP contribution in [0.1, 0.15) is 37.3 Å². The van der Waals surface area contributed by atoms with Crippen molar-refractivity contribution in [3.05, 3.63) is 29.6 Å². The van der Waals surface area contributed by atoms with Crippen LogP contribution in [-0.4, -0.2) is 61.7 Å². The van der Waals surface area contributed by atoms with Gasteiger partial charge in [-0.05, 0) is 49.8 Å². The topological polar surface area (TPSA) is 65.8 Å². The van der Waals surface area contributed by atoms with Crippen LogP contribution >= 0.6 is 0 Å². The minimum absolute atomic E-state index is 0.00731. The van der Waals surface area contributed by atoms with Gasteiger partial charge in [0.2, 0.25) is 5.91 Å². The molecule has 4 aliphatic heterocycles. The Bertz CT molecular complexity index is 858. The standard InChI is InChI=1S/C24H30FN3O3/c25-18-1-2-22-19(11-18)23-21(15-31-22)20(14-28(23)13-17-5-9-30-10-6-17)24(29)27-7-3-16(12-26)4-8-27/h1-2,11,16-17,20-21,23H,3-10,13-15H2/t20-,21+,23+/m1/s1. The van der Waals surface area contributed by atoms with Crippen molar-refractivity contribution in [1.82, 2.24) is 9.80 Å². The molecule has 0 N–H and O–H groups in total. The maximum atomic E-state index is 14.2. The maximum absolute atomic E-state index is 14.2. The summed E-state index contributed by atoms with van der Waals surface area (Å²) in [5.74, 6) is 1.11. The fraction of sp³-hybridized carbons (Fsp3) is 0.667. The van der Waals surface area contributed by atoms with Crippen molar-refractivity contribution in [2.45, 2.75) is 31.7 Å². The summed E-state index contributed by atoms with van der Waals surface area (Å²) in [4.78, 5) is 17.9. The van der Waals surface area contributed by atoms with Gasteiger partial charge in [-0.3, -0.25) is 9.69 Å². The number of hydrogen-bond donors (Lipinski definition) is 0. The minimum atomic E-state index is -0.262. The Morgan fingerprint density at radius 2 is 1.97 bits per heavy atom. The number of ether oxygens (including phenoxy) is 2. The smallest absolute Gasteiger partial charge is 0.227 e. The van der Waals surface area contributed by atoms with Crippen LogP contribution in [0.15, 0.2) is 18.2 Å². The van der Waals surface area contributed by atoms with E-state index in [1.807, 2.05) is 4.90 Å². The van der Waals surface area contributed by atoms with E-state index in [2.05, 4.69) is 11.0 Å². The van der Waals surface area contributed by atoms with Crippen molar-refractivity contribution < 1.29 is 18.7 Å². The molecule has 3 saturated heterocycles. The predicted octanol–water partition coefficient (Wildman–Crippen LogP) is 3.00. The van der Waals surface area contributed by atoms with Gasteiger partial charge in [0.1, 0.15) is 11.6 Å². The van der Waals surface area contributed by atoms with Crippen molar-refractivity contribution in [2.24, 2.45) is 23.7 Å². The lowest BCUT2D eigenvalue weighted by molar-refractivity contribution is -0.138. The molecule has 1 aromatic carbocycles. The first kappa shape index (κ1) is 20.7. The molecule has 1 aromatic rings. The maximum Gasteiger partial charge on any atom is 0.227 e. The van der Waals surface area contributed by atoms with Gasteiger partial charge < -0.3 is 14.4 Å². The molecule has 0 saturated carbocycles. The molecule has 3 fully saturated rings. The first-order valence-corrected chi connectivity index (χ1v) is 11.6. The van der Waals surface area contributed by atoms with Crippen molar-refractivity contribution in [3.8, 4) is 11.8 Å². The third-order valence-electron chi connectivity index (χ3n) is 7.61. The molecule has 0 bridgehead atoms. The van der Waals surface area contributed by atoms with E-state index in [1.54, 1.807) is 12.1 Å². The number of nitrogens with zero attached hydrogens (tertiary/aromatic N) is 3. The van der Waals surface area contributed by atoms with Gasteiger partial charge in [-0.15, -0.1) is 0 Å². The third kappa shape index (κ3) is 4.04. The van der Waals surface area contributed by atoms with Gasteiger partial charge in [-0.1, -0.05) is 0 Å². The summed E-state index contributed by atoms with van der Waals surface area (Å²) in [5.41, 5.74) is 0.877. The number of nitriles is 1. The SMILES string of the molecule is N#CC1CCN(C(=O)[C@@H]2CN(CC3CCOCC3)[C@H]3c4cc(F)ccc4OC[C@@H]23)CC1. The molecule has 1 amide bonds. The quantitative estimate of drug-likeness (QED) is 0.742. The number of amides is 1. The largest absolute Gasteiger partial charge is 0.493 e. The molecule has 0 unspecified atom stereocenters. The fourth-order valence-electron chi connectivity index (χ4n) is 5.87. The zero-order valence-electron chi connectivity index (χ0n) is 17.8. The fourth-order valence-corrected chi connectivity index (χ4v) is 5.87. The van der Waals surface area contributed by atoms with Crippen molar-refractivity contribution in [1.29, 1.82) is 5.26 Å². The molecule has 0 spiro atoms. The highest BCUT2D eigenvalue weighted by atomic mass is 19.1. The molecule has 4 heterocycles. The zero-order valence-corrected chi connectivity index (χ0v) is 17.8. The number of fused-ring (bicyclic) bond motifs is 3. The van der Waals surface area contributed by atoms with Crippen LogP contribution in [0.3, 0.4) is 0 Å². The number of hydrogen-bond acceptors (Lipinski definition) is 5. The highest BCUT2D eigenvalue weighted by molar-refractivity contribution is 5.80. The summed E-state index contributed by atoms with van der Waals surface area (Å²) in [6.45, 7) is 4.95. The van der Waals surface area contributed by atoms with Crippen LogP contribution in [0.2, 0.25) is 0 Å². The molecule has 5 rings (SSSR count). The van der Waals surface area contributed by atoms with Gasteiger partial charge in [0.25, 0.3) is 0 Å². The normalized spacial score (nSPS) is 29.7. The van der Waals surface area contributed by atoms with Crippen LogP contribution in [0.4, 0.5) is 4.39 Å². The van der Waals surface area contributed by atoms with E-state index in [4.69, 9.17) is 9.47 Å². The first-order chi connectivity index (χ1) is 15.1. The molecule has 0 aromatic heterocycles. The average molecular weight is 428 g/mol. The lowest BCUT2D eigenvalue weighted by Crippen LogP contribution is -2.44. The van der Waals surface area contributed by atoms with Gasteiger partial charge in [-0.2, -0.15) is 5.26 Å². The monoisotopic (exact) mass is 427 g/mol. The number of rotatable bonds is 3. The summed E-state index contributed by atoms with van der Waals surface area (Å²) in [5, 5.41) is 9.17. The van der Waals surface area contributed by atoms with Crippen molar-refractivity contribution >= 4 is 5.91 Å². The van der Waals surface area contributed by atoms with Gasteiger partial charge >= 0.3 is 0 Å². The third-order valence-corrected chi connectivity index (χ3v) is 7.61. The Labute approximate surface area is 182 Å². The number of carbonyl (C=O) groups is 1. The highest BCUT2D eigenvalue weighted by Gasteiger charge is 2.50.